The van der Waals surface area contributed by atoms with Gasteiger partial charge in [0.05, 0.1) is 0 Å². The van der Waals surface area contributed by atoms with Gasteiger partial charge in [-0.25, -0.2) is 47.2 Å². The summed E-state index contributed by atoms with van der Waals surface area (Å²) in [7, 11) is 0. The van der Waals surface area contributed by atoms with Gasteiger partial charge >= 0.3 is 0 Å². The molecule has 0 fully saturated rings. The number of hydrogen-bond acceptors (Lipinski definition) is 0. The molecule has 0 N–H and O–H groups in total. The Morgan fingerprint density at radius 3 is 2.81 bits per heavy atom. The number of benzene rings is 4. The van der Waals surface area contributed by atoms with E-state index in [1.54, 1.807) is 0 Å². The Kier molecular flexibility index (Phi) is 1.39. The predicted molar refractivity (Wildman–Crippen MR) is 69.3 cm³/mol. The van der Waals surface area contributed by atoms with Gasteiger partial charge in [0.2, 0.25) is 0 Å². The summed E-state index contributed by atoms with van der Waals surface area (Å²) in [5.41, 5.74) is 2.74. The molecule has 0 nitrogen and oxygen atoms in total. The van der Waals surface area contributed by atoms with E-state index in [-0.39, 0.29) is 0 Å². The summed E-state index contributed by atoms with van der Waals surface area (Å²) in [5, 5.41) is 5.41. The largest absolute Gasteiger partial charge is 0.305 e. The van der Waals surface area contributed by atoms with Crippen molar-refractivity contribution in [2.24, 2.45) is 0 Å². The highest BCUT2D eigenvalue weighted by molar-refractivity contribution is 6.14. The second kappa shape index (κ2) is 2.73. The van der Waals surface area contributed by atoms with Crippen LogP contribution in [0.25, 0.3) is 32.7 Å². The maximum atomic E-state index is 2.21. The molecule has 78 valence electrons. The van der Waals surface area contributed by atoms with Crippen molar-refractivity contribution in [3.8, 4) is 11.1 Å². The van der Waals surface area contributed by atoms with Crippen LogP contribution in [0.5, 0.6) is 0 Å². The normalized spacial score (nSPS) is 11.8. The summed E-state index contributed by atoms with van der Waals surface area (Å²) in [6.07, 6.45) is 0. The molecule has 16 heavy (non-hydrogen) atoms. The van der Waals surface area contributed by atoms with Crippen LogP contribution >= 0.6 is 0 Å². The van der Waals surface area contributed by atoms with Crippen LogP contribution in [0.1, 0.15) is 0 Å². The second-order valence-corrected chi connectivity index (χ2v) is 4.29. The van der Waals surface area contributed by atoms with Gasteiger partial charge < -0.3 is 12.1 Å². The highest BCUT2D eigenvalue weighted by atomic mass is 14.1. The van der Waals surface area contributed by atoms with Crippen molar-refractivity contribution >= 4 is 21.5 Å². The van der Waals surface area contributed by atoms with Crippen LogP contribution in [-0.4, -0.2) is 0 Å². The summed E-state index contributed by atoms with van der Waals surface area (Å²) in [6, 6.07) is 21.9. The van der Waals surface area contributed by atoms with Gasteiger partial charge in [0.25, 0.3) is 0 Å². The van der Waals surface area contributed by atoms with Crippen LogP contribution in [0.2, 0.25) is 0 Å². The lowest BCUT2D eigenvalue weighted by molar-refractivity contribution is 1.67. The topological polar surface area (TPSA) is 0 Å². The van der Waals surface area contributed by atoms with Gasteiger partial charge in [-0.2, -0.15) is 0 Å². The molecule has 0 unspecified atom stereocenters. The van der Waals surface area contributed by atoms with Crippen molar-refractivity contribution in [1.29, 1.82) is 0 Å². The average molecular weight is 202 g/mol. The molecular weight excluding hydrogens is 192 g/mol. The van der Waals surface area contributed by atoms with Crippen LogP contribution in [-0.2, 0) is 0 Å². The fourth-order valence-electron chi connectivity index (χ4n) is 2.67. The molecule has 0 atom stereocenters. The van der Waals surface area contributed by atoms with Crippen molar-refractivity contribution in [3.05, 3.63) is 60.7 Å². The highest BCUT2D eigenvalue weighted by Gasteiger charge is 1.88. The Bertz CT molecular complexity index is 751. The molecule has 0 radical (unpaired) electrons. The Morgan fingerprint density at radius 2 is 1.81 bits per heavy atom. The lowest BCUT2D eigenvalue weighted by Gasteiger charge is -2.37. The lowest BCUT2D eigenvalue weighted by Crippen LogP contribution is -1.87. The number of hydrogen-bond donors (Lipinski definition) is 0. The molecule has 2 aliphatic carbocycles. The Labute approximate surface area is 93.8 Å². The molecule has 0 amide bonds. The predicted octanol–water partition coefficient (Wildman–Crippen LogP) is 4.54. The molecule has 0 saturated carbocycles. The third-order valence-electron chi connectivity index (χ3n) is 3.39. The zero-order valence-electron chi connectivity index (χ0n) is 8.77. The maximum absolute atomic E-state index is 2.21. The standard InChI is InChI=1S/C16H10/c1-3-11-7-9-13-5-2-6-14-10-8-12(4-1)15(11)16(13)14/h1-10H/q-4. The molecule has 2 aliphatic rings. The zero-order valence-corrected chi connectivity index (χ0v) is 8.77. The first-order valence-corrected chi connectivity index (χ1v) is 5.56. The van der Waals surface area contributed by atoms with E-state index in [1.165, 1.54) is 32.7 Å². The van der Waals surface area contributed by atoms with Crippen molar-refractivity contribution in [3.63, 3.8) is 0 Å². The van der Waals surface area contributed by atoms with E-state index in [0.717, 1.165) is 0 Å². The fraction of sp³-hybridized carbons (Fsp3) is 0. The Morgan fingerprint density at radius 1 is 0.875 bits per heavy atom. The first-order valence-electron chi connectivity index (χ1n) is 5.56. The van der Waals surface area contributed by atoms with E-state index in [0.29, 0.717) is 0 Å². The zero-order chi connectivity index (χ0) is 10.5. The van der Waals surface area contributed by atoms with Crippen LogP contribution in [0, 0.1) is 0 Å². The third kappa shape index (κ3) is 0.892. The molecule has 0 saturated heterocycles. The molecule has 0 heteroatoms. The molecule has 0 aliphatic heterocycles. The monoisotopic (exact) mass is 202 g/mol. The van der Waals surface area contributed by atoms with E-state index in [9.17, 15) is 0 Å². The molecule has 0 spiro atoms. The average Bonchev–Trinajstić information content (AvgIpc) is 2.36. The first kappa shape index (κ1) is 8.12. The highest BCUT2D eigenvalue weighted by Crippen LogP contribution is 2.38. The molecule has 0 bridgehead atoms. The SMILES string of the molecule is c1cc2ccc3cc[cH-]c4[cH-]cc([cH-]1)-[c-]2c34. The first-order chi connectivity index (χ1) is 7.93. The van der Waals surface area contributed by atoms with Gasteiger partial charge in [0.1, 0.15) is 0 Å². The van der Waals surface area contributed by atoms with Crippen LogP contribution in [0.4, 0.5) is 0 Å². The van der Waals surface area contributed by atoms with E-state index in [1.807, 2.05) is 0 Å². The Balaban J connectivity index is 2.45. The second-order valence-electron chi connectivity index (χ2n) is 4.29. The maximum Gasteiger partial charge on any atom is -0.0937 e. The molecule has 0 aromatic heterocycles. The van der Waals surface area contributed by atoms with Gasteiger partial charge in [0.15, 0.2) is 0 Å². The van der Waals surface area contributed by atoms with Gasteiger partial charge in [-0.1, -0.05) is 12.1 Å². The van der Waals surface area contributed by atoms with Crippen molar-refractivity contribution in [2.45, 2.75) is 0 Å². The van der Waals surface area contributed by atoms with E-state index < -0.39 is 0 Å². The lowest BCUT2D eigenvalue weighted by atomic mass is 9.89. The van der Waals surface area contributed by atoms with Gasteiger partial charge in [-0.15, -0.1) is 0 Å². The summed E-state index contributed by atoms with van der Waals surface area (Å²) >= 11 is 0. The van der Waals surface area contributed by atoms with Crippen molar-refractivity contribution in [1.82, 2.24) is 0 Å². The summed E-state index contributed by atoms with van der Waals surface area (Å²) in [6.45, 7) is 0. The molecule has 0 heterocycles. The van der Waals surface area contributed by atoms with Gasteiger partial charge in [-0.05, 0) is 0 Å². The molecule has 4 rings (SSSR count). The van der Waals surface area contributed by atoms with E-state index >= 15 is 0 Å². The van der Waals surface area contributed by atoms with Gasteiger partial charge in [-0.3, -0.25) is 21.9 Å². The summed E-state index contributed by atoms with van der Waals surface area (Å²) < 4.78 is 0. The minimum absolute atomic E-state index is 1.34. The van der Waals surface area contributed by atoms with Crippen LogP contribution < -0.4 is 0 Å². The summed E-state index contributed by atoms with van der Waals surface area (Å²) in [5.74, 6) is 0. The van der Waals surface area contributed by atoms with Crippen LogP contribution in [0.15, 0.2) is 60.7 Å². The molecular formula is C16H10-4. The Hall–Kier alpha value is -2.08. The quantitative estimate of drug-likeness (QED) is 0.290. The summed E-state index contributed by atoms with van der Waals surface area (Å²) in [4.78, 5) is 0. The van der Waals surface area contributed by atoms with E-state index in [4.69, 9.17) is 0 Å². The fourth-order valence-corrected chi connectivity index (χ4v) is 2.67. The van der Waals surface area contributed by atoms with Crippen molar-refractivity contribution in [2.75, 3.05) is 0 Å². The van der Waals surface area contributed by atoms with E-state index in [2.05, 4.69) is 60.7 Å². The van der Waals surface area contributed by atoms with Gasteiger partial charge in [0, 0.05) is 0 Å². The van der Waals surface area contributed by atoms with Crippen LogP contribution in [0.3, 0.4) is 0 Å². The minimum atomic E-state index is 1.34. The molecule has 2 aromatic carbocycles. The number of rotatable bonds is 0. The smallest absolute Gasteiger partial charge is 0.0937 e. The minimum Gasteiger partial charge on any atom is -0.305 e. The molecule has 2 aromatic rings. The van der Waals surface area contributed by atoms with Crippen molar-refractivity contribution < 1.29 is 0 Å². The third-order valence-corrected chi connectivity index (χ3v) is 3.39.